The van der Waals surface area contributed by atoms with Crippen LogP contribution >= 0.6 is 11.8 Å². The Bertz CT molecular complexity index is 556. The molecule has 2 N–H and O–H groups in total. The van der Waals surface area contributed by atoms with Crippen molar-refractivity contribution in [2.45, 2.75) is 89.5 Å². The van der Waals surface area contributed by atoms with Gasteiger partial charge in [0, 0.05) is 5.25 Å². The highest BCUT2D eigenvalue weighted by Gasteiger charge is 2.38. The van der Waals surface area contributed by atoms with Gasteiger partial charge in [0.2, 0.25) is 5.91 Å². The molecule has 2 amide bonds. The predicted molar refractivity (Wildman–Crippen MR) is 102 cm³/mol. The molecular formula is C18H30FN3O3S. The lowest BCUT2D eigenvalue weighted by Gasteiger charge is -2.25. The fraction of sp³-hybridized carbons (Fsp3) is 0.833. The molecule has 5 unspecified atom stereocenters. The van der Waals surface area contributed by atoms with Crippen LogP contribution in [-0.4, -0.2) is 52.7 Å². The Hall–Kier alpha value is -1.31. The number of nitrogens with zero attached hydrogens (tertiary/aromatic N) is 1. The van der Waals surface area contributed by atoms with Crippen LogP contribution in [0.15, 0.2) is 4.99 Å². The van der Waals surface area contributed by atoms with Crippen LogP contribution in [0, 0.1) is 5.92 Å². The Kier molecular flexibility index (Phi) is 7.32. The number of amides is 2. The van der Waals surface area contributed by atoms with Crippen LogP contribution < -0.4 is 10.6 Å². The van der Waals surface area contributed by atoms with Crippen LogP contribution in [0.2, 0.25) is 0 Å². The van der Waals surface area contributed by atoms with E-state index in [9.17, 15) is 14.0 Å². The van der Waals surface area contributed by atoms with Crippen LogP contribution in [0.1, 0.15) is 53.9 Å². The van der Waals surface area contributed by atoms with Crippen molar-refractivity contribution in [2.75, 3.05) is 0 Å². The van der Waals surface area contributed by atoms with Gasteiger partial charge in [-0.3, -0.25) is 9.79 Å². The molecule has 2 aliphatic rings. The number of hydrogen-bond donors (Lipinski definition) is 2. The normalized spacial score (nSPS) is 27.5. The molecule has 6 nitrogen and oxygen atoms in total. The van der Waals surface area contributed by atoms with Crippen molar-refractivity contribution >= 4 is 28.8 Å². The number of hydrogen-bond acceptors (Lipinski definition) is 5. The molecule has 0 aromatic rings. The highest BCUT2D eigenvalue weighted by molar-refractivity contribution is 8.14. The van der Waals surface area contributed by atoms with Crippen molar-refractivity contribution in [1.82, 2.24) is 10.6 Å². The molecule has 1 aliphatic carbocycles. The molecule has 1 saturated carbocycles. The molecule has 0 bridgehead atoms. The van der Waals surface area contributed by atoms with Crippen LogP contribution in [0.3, 0.4) is 0 Å². The molecule has 8 heteroatoms. The largest absolute Gasteiger partial charge is 0.447 e. The van der Waals surface area contributed by atoms with Gasteiger partial charge in [-0.2, -0.15) is 0 Å². The standard InChI is InChI=1S/C18H30FN3O3S/c1-9(2)15(22-18(24)25-10(3)4)16(23)20-11(5)17-21-13-7-6-12(19)8-14(13)26-17/h9-15H,6-8H2,1-5H3,(H,20,23)(H,22,24). The van der Waals surface area contributed by atoms with E-state index in [4.69, 9.17) is 4.74 Å². The van der Waals surface area contributed by atoms with Crippen molar-refractivity contribution in [3.05, 3.63) is 0 Å². The first-order valence-electron chi connectivity index (χ1n) is 9.33. The molecule has 0 aromatic carbocycles. The van der Waals surface area contributed by atoms with E-state index >= 15 is 0 Å². The summed E-state index contributed by atoms with van der Waals surface area (Å²) in [5.74, 6) is -0.357. The number of alkyl carbamates (subject to hydrolysis) is 1. The topological polar surface area (TPSA) is 79.8 Å². The smallest absolute Gasteiger partial charge is 0.408 e. The number of halogens is 1. The van der Waals surface area contributed by atoms with Gasteiger partial charge >= 0.3 is 6.09 Å². The van der Waals surface area contributed by atoms with Gasteiger partial charge in [-0.25, -0.2) is 9.18 Å². The van der Waals surface area contributed by atoms with Gasteiger partial charge in [-0.05, 0) is 46.0 Å². The minimum atomic E-state index is -0.746. The third-order valence-electron chi connectivity index (χ3n) is 4.55. The summed E-state index contributed by atoms with van der Waals surface area (Å²) in [6, 6.07) is -0.796. The van der Waals surface area contributed by atoms with Crippen LogP contribution in [0.25, 0.3) is 0 Å². The number of carbonyl (C=O) groups excluding carboxylic acids is 2. The van der Waals surface area contributed by atoms with Crippen LogP contribution in [-0.2, 0) is 9.53 Å². The Morgan fingerprint density at radius 3 is 2.50 bits per heavy atom. The average Bonchev–Trinajstić information content (AvgIpc) is 2.94. The number of alkyl halides is 1. The summed E-state index contributed by atoms with van der Waals surface area (Å²) in [7, 11) is 0. The van der Waals surface area contributed by atoms with Gasteiger partial charge in [-0.15, -0.1) is 11.8 Å². The van der Waals surface area contributed by atoms with Gasteiger partial charge < -0.3 is 15.4 Å². The number of nitrogens with one attached hydrogen (secondary N) is 2. The van der Waals surface area contributed by atoms with E-state index in [1.165, 1.54) is 0 Å². The summed E-state index contributed by atoms with van der Waals surface area (Å²) in [5.41, 5.74) is 0. The maximum absolute atomic E-state index is 13.6. The van der Waals surface area contributed by atoms with Crippen molar-refractivity contribution < 1.29 is 18.7 Å². The lowest BCUT2D eigenvalue weighted by atomic mass is 9.94. The molecule has 0 aromatic heterocycles. The molecule has 1 heterocycles. The first-order valence-corrected chi connectivity index (χ1v) is 10.2. The van der Waals surface area contributed by atoms with Crippen LogP contribution in [0.4, 0.5) is 9.18 Å². The summed E-state index contributed by atoms with van der Waals surface area (Å²) < 4.78 is 18.6. The fourth-order valence-electron chi connectivity index (χ4n) is 3.18. The zero-order valence-corrected chi connectivity index (χ0v) is 16.9. The predicted octanol–water partition coefficient (Wildman–Crippen LogP) is 3.05. The Morgan fingerprint density at radius 1 is 1.19 bits per heavy atom. The minimum absolute atomic E-state index is 0.0880. The monoisotopic (exact) mass is 387 g/mol. The van der Waals surface area contributed by atoms with E-state index in [-0.39, 0.29) is 35.3 Å². The second kappa shape index (κ2) is 9.06. The maximum atomic E-state index is 13.6. The molecule has 26 heavy (non-hydrogen) atoms. The summed E-state index contributed by atoms with van der Waals surface area (Å²) in [5, 5.41) is 6.57. The molecular weight excluding hydrogens is 357 g/mol. The third kappa shape index (κ3) is 5.59. The average molecular weight is 388 g/mol. The van der Waals surface area contributed by atoms with Crippen molar-refractivity contribution in [1.29, 1.82) is 0 Å². The van der Waals surface area contributed by atoms with Gasteiger partial charge in [0.15, 0.2) is 0 Å². The summed E-state index contributed by atoms with van der Waals surface area (Å²) in [4.78, 5) is 29.2. The van der Waals surface area contributed by atoms with Gasteiger partial charge in [0.25, 0.3) is 0 Å². The van der Waals surface area contributed by atoms with Crippen molar-refractivity contribution in [3.8, 4) is 0 Å². The molecule has 0 spiro atoms. The number of rotatable bonds is 6. The number of fused-ring (bicyclic) bond motifs is 1. The molecule has 2 rings (SSSR count). The fourth-order valence-corrected chi connectivity index (χ4v) is 4.61. The summed E-state index contributed by atoms with van der Waals surface area (Å²) in [6.45, 7) is 9.11. The Morgan fingerprint density at radius 2 is 1.88 bits per heavy atom. The Labute approximate surface area is 159 Å². The van der Waals surface area contributed by atoms with Gasteiger partial charge in [0.1, 0.15) is 12.2 Å². The van der Waals surface area contributed by atoms with E-state index < -0.39 is 18.3 Å². The number of carbonyl (C=O) groups is 2. The van der Waals surface area contributed by atoms with E-state index in [1.54, 1.807) is 25.6 Å². The molecule has 1 aliphatic heterocycles. The van der Waals surface area contributed by atoms with E-state index in [1.807, 2.05) is 20.8 Å². The van der Waals surface area contributed by atoms with E-state index in [0.717, 1.165) is 11.5 Å². The molecule has 1 fully saturated rings. The SMILES string of the molecule is CC(C)OC(=O)NC(C(=O)NC(C)C1=NC2CCC(F)CC2S1)C(C)C. The minimum Gasteiger partial charge on any atom is -0.447 e. The number of thioether (sulfide) groups is 1. The van der Waals surface area contributed by atoms with Crippen LogP contribution in [0.5, 0.6) is 0 Å². The zero-order valence-electron chi connectivity index (χ0n) is 16.1. The molecule has 0 saturated heterocycles. The molecule has 5 atom stereocenters. The second-order valence-electron chi connectivity index (χ2n) is 7.65. The molecule has 148 valence electrons. The van der Waals surface area contributed by atoms with Crippen molar-refractivity contribution in [2.24, 2.45) is 10.9 Å². The summed E-state index contributed by atoms with van der Waals surface area (Å²) >= 11 is 1.57. The second-order valence-corrected chi connectivity index (χ2v) is 8.91. The lowest BCUT2D eigenvalue weighted by Crippen LogP contribution is -2.53. The van der Waals surface area contributed by atoms with Gasteiger partial charge in [-0.1, -0.05) is 13.8 Å². The zero-order chi connectivity index (χ0) is 19.4. The summed E-state index contributed by atoms with van der Waals surface area (Å²) in [6.07, 6.45) is 0.257. The quantitative estimate of drug-likeness (QED) is 0.734. The highest BCUT2D eigenvalue weighted by Crippen LogP contribution is 2.38. The first kappa shape index (κ1) is 21.0. The third-order valence-corrected chi connectivity index (χ3v) is 6.06. The first-order chi connectivity index (χ1) is 12.2. The lowest BCUT2D eigenvalue weighted by molar-refractivity contribution is -0.124. The maximum Gasteiger partial charge on any atom is 0.408 e. The van der Waals surface area contributed by atoms with E-state index in [0.29, 0.717) is 12.8 Å². The number of aliphatic imine (C=N–C) groups is 1. The van der Waals surface area contributed by atoms with Gasteiger partial charge in [0.05, 0.1) is 23.2 Å². The molecule has 0 radical (unpaired) electrons. The van der Waals surface area contributed by atoms with E-state index in [2.05, 4.69) is 15.6 Å². The Balaban J connectivity index is 1.93. The highest BCUT2D eigenvalue weighted by atomic mass is 32.2. The number of ether oxygens (including phenoxy) is 1. The van der Waals surface area contributed by atoms with Crippen molar-refractivity contribution in [3.63, 3.8) is 0 Å².